The molecule has 204 valence electrons. The van der Waals surface area contributed by atoms with Gasteiger partial charge in [0.05, 0.1) is 33.5 Å². The molecule has 0 aromatic heterocycles. The minimum absolute atomic E-state index is 0.0142. The van der Waals surface area contributed by atoms with Gasteiger partial charge < -0.3 is 54.3 Å². The minimum Gasteiger partial charge on any atom is -0.504 e. The molecule has 0 unspecified atom stereocenters. The summed E-state index contributed by atoms with van der Waals surface area (Å²) < 4.78 is 27.9. The van der Waals surface area contributed by atoms with E-state index in [0.29, 0.717) is 24.5 Å². The van der Waals surface area contributed by atoms with Crippen LogP contribution in [0.15, 0.2) is 36.4 Å². The van der Waals surface area contributed by atoms with Crippen molar-refractivity contribution in [2.24, 2.45) is 11.8 Å². The lowest BCUT2D eigenvalue weighted by molar-refractivity contribution is -0.277. The number of phenols is 1. The molecule has 4 rings (SSSR count). The van der Waals surface area contributed by atoms with E-state index in [2.05, 4.69) is 0 Å². The Balaban J connectivity index is 1.49. The Kier molecular flexibility index (Phi) is 8.75. The first kappa shape index (κ1) is 27.4. The predicted octanol–water partition coefficient (Wildman–Crippen LogP) is 0.127. The second-order valence-corrected chi connectivity index (χ2v) is 9.30. The molecule has 2 aromatic rings. The molecule has 0 saturated carbocycles. The molecule has 2 aliphatic rings. The standard InChI is InChI=1S/C26H34O11/c1-33-19-8-13(3-5-17(19)29)7-15-12-35-25(16(15)10-27)14-4-6-18(20(9-14)34-2)36-26-24(32)23(31)22(30)21(11-28)37-26/h3-6,8-9,15-16,21-32H,7,10-12H2,1-2H3/t15-,16+,21-,22-,23+,24-,25-,26+/m1/s1. The van der Waals surface area contributed by atoms with Crippen molar-refractivity contribution in [3.63, 3.8) is 0 Å². The number of hydrogen-bond acceptors (Lipinski definition) is 11. The molecule has 8 atom stereocenters. The first-order chi connectivity index (χ1) is 17.8. The van der Waals surface area contributed by atoms with Crippen molar-refractivity contribution in [3.8, 4) is 23.0 Å². The number of phenolic OH excluding ortho intramolecular Hbond substituents is 1. The molecule has 37 heavy (non-hydrogen) atoms. The van der Waals surface area contributed by atoms with Crippen molar-refractivity contribution < 1.29 is 54.3 Å². The van der Waals surface area contributed by atoms with Gasteiger partial charge in [-0.3, -0.25) is 0 Å². The molecule has 0 amide bonds. The lowest BCUT2D eigenvalue weighted by Crippen LogP contribution is -2.60. The quantitative estimate of drug-likeness (QED) is 0.265. The molecule has 0 radical (unpaired) electrons. The summed E-state index contributed by atoms with van der Waals surface area (Å²) in [6.07, 6.45) is -6.86. The lowest BCUT2D eigenvalue weighted by Gasteiger charge is -2.39. The summed E-state index contributed by atoms with van der Waals surface area (Å²) in [5.41, 5.74) is 1.70. The van der Waals surface area contributed by atoms with Gasteiger partial charge in [-0.05, 0) is 47.7 Å². The van der Waals surface area contributed by atoms with E-state index in [4.69, 9.17) is 23.7 Å². The fourth-order valence-corrected chi connectivity index (χ4v) is 4.92. The predicted molar refractivity (Wildman–Crippen MR) is 129 cm³/mol. The summed E-state index contributed by atoms with van der Waals surface area (Å²) in [5, 5.41) is 59.7. The summed E-state index contributed by atoms with van der Waals surface area (Å²) in [6.45, 7) is -0.249. The Bertz CT molecular complexity index is 1050. The fourth-order valence-electron chi connectivity index (χ4n) is 4.92. The average Bonchev–Trinajstić information content (AvgIpc) is 3.32. The topological polar surface area (TPSA) is 168 Å². The van der Waals surface area contributed by atoms with E-state index in [1.807, 2.05) is 6.07 Å². The van der Waals surface area contributed by atoms with Gasteiger partial charge in [-0.1, -0.05) is 12.1 Å². The normalized spacial score (nSPS) is 31.8. The highest BCUT2D eigenvalue weighted by atomic mass is 16.7. The van der Waals surface area contributed by atoms with Crippen LogP contribution in [0.1, 0.15) is 17.2 Å². The second kappa shape index (κ2) is 11.8. The first-order valence-electron chi connectivity index (χ1n) is 12.0. The van der Waals surface area contributed by atoms with E-state index >= 15 is 0 Å². The van der Waals surface area contributed by atoms with Crippen LogP contribution in [0.2, 0.25) is 0 Å². The number of benzene rings is 2. The Labute approximate surface area is 214 Å². The van der Waals surface area contributed by atoms with Crippen LogP contribution < -0.4 is 14.2 Å². The molecule has 6 N–H and O–H groups in total. The van der Waals surface area contributed by atoms with Gasteiger partial charge in [0.1, 0.15) is 24.4 Å². The van der Waals surface area contributed by atoms with Gasteiger partial charge in [0, 0.05) is 12.5 Å². The van der Waals surface area contributed by atoms with Gasteiger partial charge in [0.25, 0.3) is 0 Å². The fraction of sp³-hybridized carbons (Fsp3) is 0.538. The summed E-state index contributed by atoms with van der Waals surface area (Å²) >= 11 is 0. The molecule has 2 aromatic carbocycles. The van der Waals surface area contributed by atoms with E-state index in [-0.39, 0.29) is 29.9 Å². The number of aliphatic hydroxyl groups is 5. The van der Waals surface area contributed by atoms with Crippen LogP contribution >= 0.6 is 0 Å². The molecule has 0 aliphatic carbocycles. The van der Waals surface area contributed by atoms with Gasteiger partial charge in [-0.15, -0.1) is 0 Å². The van der Waals surface area contributed by atoms with Crippen molar-refractivity contribution in [1.82, 2.24) is 0 Å². The Morgan fingerprint density at radius 2 is 1.62 bits per heavy atom. The maximum atomic E-state index is 10.3. The SMILES string of the molecule is COc1cc(C[C@@H]2CO[C@H](c3ccc(O[C@H]4O[C@H](CO)[C@@H](O)[C@H](O)[C@H]4O)c(OC)c3)[C@H]2CO)ccc1O. The lowest BCUT2D eigenvalue weighted by atomic mass is 9.84. The van der Waals surface area contributed by atoms with Crippen LogP contribution in [0, 0.1) is 11.8 Å². The summed E-state index contributed by atoms with van der Waals surface area (Å²) in [6, 6.07) is 10.2. The molecule has 2 aliphatic heterocycles. The molecule has 2 heterocycles. The van der Waals surface area contributed by atoms with Crippen LogP contribution in [0.4, 0.5) is 0 Å². The minimum atomic E-state index is -1.57. The van der Waals surface area contributed by atoms with Crippen LogP contribution in [-0.2, 0) is 15.9 Å². The van der Waals surface area contributed by atoms with Gasteiger partial charge in [-0.25, -0.2) is 0 Å². The van der Waals surface area contributed by atoms with Crippen LogP contribution in [-0.4, -0.2) is 95.4 Å². The highest BCUT2D eigenvalue weighted by Gasteiger charge is 2.45. The van der Waals surface area contributed by atoms with E-state index in [0.717, 1.165) is 11.1 Å². The van der Waals surface area contributed by atoms with Gasteiger partial charge in [-0.2, -0.15) is 0 Å². The zero-order valence-corrected chi connectivity index (χ0v) is 20.6. The van der Waals surface area contributed by atoms with Gasteiger partial charge in [0.15, 0.2) is 23.0 Å². The van der Waals surface area contributed by atoms with Crippen molar-refractivity contribution in [3.05, 3.63) is 47.5 Å². The van der Waals surface area contributed by atoms with E-state index in [1.165, 1.54) is 14.2 Å². The van der Waals surface area contributed by atoms with Crippen LogP contribution in [0.3, 0.4) is 0 Å². The number of aromatic hydroxyl groups is 1. The van der Waals surface area contributed by atoms with Crippen molar-refractivity contribution in [2.75, 3.05) is 34.0 Å². The Morgan fingerprint density at radius 3 is 2.30 bits per heavy atom. The van der Waals surface area contributed by atoms with Crippen LogP contribution in [0.5, 0.6) is 23.0 Å². The highest BCUT2D eigenvalue weighted by Crippen LogP contribution is 2.43. The van der Waals surface area contributed by atoms with Crippen molar-refractivity contribution >= 4 is 0 Å². The molecule has 11 heteroatoms. The third-order valence-corrected chi connectivity index (χ3v) is 7.04. The Morgan fingerprint density at radius 1 is 0.865 bits per heavy atom. The van der Waals surface area contributed by atoms with Gasteiger partial charge >= 0.3 is 0 Å². The zero-order valence-electron chi connectivity index (χ0n) is 20.6. The largest absolute Gasteiger partial charge is 0.504 e. The van der Waals surface area contributed by atoms with Crippen molar-refractivity contribution in [2.45, 2.75) is 43.2 Å². The summed E-state index contributed by atoms with van der Waals surface area (Å²) in [7, 11) is 2.93. The maximum absolute atomic E-state index is 10.3. The number of rotatable bonds is 9. The summed E-state index contributed by atoms with van der Waals surface area (Å²) in [4.78, 5) is 0. The average molecular weight is 523 g/mol. The van der Waals surface area contributed by atoms with Gasteiger partial charge in [0.2, 0.25) is 6.29 Å². The second-order valence-electron chi connectivity index (χ2n) is 9.30. The molecular weight excluding hydrogens is 488 g/mol. The number of methoxy groups -OCH3 is 2. The zero-order chi connectivity index (χ0) is 26.7. The first-order valence-corrected chi connectivity index (χ1v) is 12.0. The molecule has 0 spiro atoms. The summed E-state index contributed by atoms with van der Waals surface area (Å²) in [5.74, 6) is 0.766. The molecular formula is C26H34O11. The number of ether oxygens (including phenoxy) is 5. The smallest absolute Gasteiger partial charge is 0.229 e. The van der Waals surface area contributed by atoms with E-state index in [1.54, 1.807) is 30.3 Å². The van der Waals surface area contributed by atoms with E-state index < -0.39 is 43.4 Å². The molecule has 2 saturated heterocycles. The van der Waals surface area contributed by atoms with Crippen LogP contribution in [0.25, 0.3) is 0 Å². The maximum Gasteiger partial charge on any atom is 0.229 e. The third kappa shape index (κ3) is 5.63. The van der Waals surface area contributed by atoms with E-state index in [9.17, 15) is 30.6 Å². The third-order valence-electron chi connectivity index (χ3n) is 7.04. The Hall–Kier alpha value is -2.64. The number of hydrogen-bond donors (Lipinski definition) is 6. The highest BCUT2D eigenvalue weighted by molar-refractivity contribution is 5.44. The monoisotopic (exact) mass is 522 g/mol. The number of aliphatic hydroxyl groups excluding tert-OH is 5. The molecule has 0 bridgehead atoms. The molecule has 2 fully saturated rings. The molecule has 11 nitrogen and oxygen atoms in total. The van der Waals surface area contributed by atoms with Crippen molar-refractivity contribution in [1.29, 1.82) is 0 Å².